The highest BCUT2D eigenvalue weighted by molar-refractivity contribution is 6.27. The molecular weight excluding hydrogens is 252 g/mol. The Hall–Kier alpha value is -3.11. The molecule has 0 atom stereocenters. The van der Waals surface area contributed by atoms with Gasteiger partial charge in [0.15, 0.2) is 5.78 Å². The third-order valence-corrected chi connectivity index (χ3v) is 2.91. The van der Waals surface area contributed by atoms with E-state index in [9.17, 15) is 4.79 Å². The zero-order valence-electron chi connectivity index (χ0n) is 10.8. The fourth-order valence-electron chi connectivity index (χ4n) is 2.08. The molecule has 1 aliphatic carbocycles. The number of hydrogen-bond donors (Lipinski definition) is 0. The monoisotopic (exact) mass is 262 g/mol. The topological polar surface area (TPSA) is 73.9 Å². The fraction of sp³-hybridized carbons (Fsp3) is 0.0625. The number of nitriles is 2. The molecule has 0 saturated heterocycles. The van der Waals surface area contributed by atoms with Gasteiger partial charge in [-0.3, -0.25) is 4.79 Å². The maximum Gasteiger partial charge on any atom is 0.194 e. The van der Waals surface area contributed by atoms with E-state index in [-0.39, 0.29) is 11.4 Å². The van der Waals surface area contributed by atoms with E-state index in [1.807, 2.05) is 12.1 Å². The lowest BCUT2D eigenvalue weighted by Gasteiger charge is -2.00. The zero-order chi connectivity index (χ0) is 14.5. The third kappa shape index (κ3) is 2.11. The van der Waals surface area contributed by atoms with E-state index in [4.69, 9.17) is 15.3 Å². The number of hydrogen-bond acceptors (Lipinski definition) is 4. The minimum absolute atomic E-state index is 0.0691. The number of benzene rings is 1. The summed E-state index contributed by atoms with van der Waals surface area (Å²) in [5, 5.41) is 18.2. The Morgan fingerprint density at radius 3 is 2.45 bits per heavy atom. The van der Waals surface area contributed by atoms with Crippen molar-refractivity contribution in [2.24, 2.45) is 0 Å². The van der Waals surface area contributed by atoms with Crippen LogP contribution in [0.25, 0.3) is 5.57 Å². The number of carbonyl (C=O) groups excluding carboxylic acids is 1. The van der Waals surface area contributed by atoms with Crippen molar-refractivity contribution in [2.45, 2.75) is 0 Å². The van der Waals surface area contributed by atoms with Crippen LogP contribution in [-0.4, -0.2) is 12.9 Å². The molecule has 0 heterocycles. The number of methoxy groups -OCH3 is 1. The molecule has 0 fully saturated rings. The number of carbonyl (C=O) groups is 1. The van der Waals surface area contributed by atoms with Gasteiger partial charge in [0.2, 0.25) is 0 Å². The van der Waals surface area contributed by atoms with Crippen LogP contribution in [0.3, 0.4) is 0 Å². The van der Waals surface area contributed by atoms with Crippen LogP contribution >= 0.6 is 0 Å². The lowest BCUT2D eigenvalue weighted by molar-refractivity contribution is 0.104. The largest absolute Gasteiger partial charge is 0.504 e. The molecule has 0 bridgehead atoms. The van der Waals surface area contributed by atoms with Crippen LogP contribution in [0.1, 0.15) is 15.9 Å². The van der Waals surface area contributed by atoms with Crippen molar-refractivity contribution in [3.63, 3.8) is 0 Å². The van der Waals surface area contributed by atoms with Gasteiger partial charge < -0.3 is 4.74 Å². The standard InChI is InChI=1S/C16H10N2O2/c1-20-8-4-7-14-15(11(9-17)10-18)12-5-2-3-6-13(12)16(14)19/h2-8H,1H3/b8-4+,14-7-. The summed E-state index contributed by atoms with van der Waals surface area (Å²) in [6, 6.07) is 10.6. The van der Waals surface area contributed by atoms with E-state index in [1.165, 1.54) is 13.4 Å². The molecule has 0 spiro atoms. The van der Waals surface area contributed by atoms with Crippen molar-refractivity contribution in [1.29, 1.82) is 10.5 Å². The number of ether oxygens (including phenoxy) is 1. The van der Waals surface area contributed by atoms with E-state index in [0.29, 0.717) is 22.3 Å². The first-order valence-corrected chi connectivity index (χ1v) is 5.83. The van der Waals surface area contributed by atoms with Crippen LogP contribution in [-0.2, 0) is 4.74 Å². The molecule has 20 heavy (non-hydrogen) atoms. The summed E-state index contributed by atoms with van der Waals surface area (Å²) < 4.78 is 4.78. The molecular formula is C16H10N2O2. The van der Waals surface area contributed by atoms with Crippen LogP contribution in [0.4, 0.5) is 0 Å². The molecule has 4 nitrogen and oxygen atoms in total. The van der Waals surface area contributed by atoms with Gasteiger partial charge in [-0.15, -0.1) is 0 Å². The number of rotatable bonds is 2. The van der Waals surface area contributed by atoms with Gasteiger partial charge >= 0.3 is 0 Å². The predicted octanol–water partition coefficient (Wildman–Crippen LogP) is 2.77. The number of nitrogens with zero attached hydrogens (tertiary/aromatic N) is 2. The summed E-state index contributed by atoms with van der Waals surface area (Å²) in [5.74, 6) is -0.195. The van der Waals surface area contributed by atoms with Gasteiger partial charge in [0.05, 0.1) is 13.4 Å². The zero-order valence-corrected chi connectivity index (χ0v) is 10.8. The third-order valence-electron chi connectivity index (χ3n) is 2.91. The van der Waals surface area contributed by atoms with Crippen LogP contribution in [0, 0.1) is 22.7 Å². The summed E-state index contributed by atoms with van der Waals surface area (Å²) in [5.41, 5.74) is 1.77. The van der Waals surface area contributed by atoms with Crippen LogP contribution in [0.2, 0.25) is 0 Å². The van der Waals surface area contributed by atoms with Crippen molar-refractivity contribution < 1.29 is 9.53 Å². The first-order valence-electron chi connectivity index (χ1n) is 5.83. The molecule has 2 rings (SSSR count). The highest BCUT2D eigenvalue weighted by Gasteiger charge is 2.31. The van der Waals surface area contributed by atoms with Crippen molar-refractivity contribution in [3.8, 4) is 12.1 Å². The van der Waals surface area contributed by atoms with Gasteiger partial charge in [-0.2, -0.15) is 10.5 Å². The first-order chi connectivity index (χ1) is 9.74. The van der Waals surface area contributed by atoms with E-state index in [1.54, 1.807) is 36.4 Å². The molecule has 0 amide bonds. The average molecular weight is 262 g/mol. The number of ketones is 1. The van der Waals surface area contributed by atoms with Gasteiger partial charge in [0, 0.05) is 16.7 Å². The Balaban J connectivity index is 2.72. The molecule has 0 radical (unpaired) electrons. The second kappa shape index (κ2) is 5.69. The average Bonchev–Trinajstić information content (AvgIpc) is 2.75. The van der Waals surface area contributed by atoms with Gasteiger partial charge in [0.1, 0.15) is 17.7 Å². The molecule has 4 heteroatoms. The normalized spacial score (nSPS) is 15.1. The van der Waals surface area contributed by atoms with Crippen molar-refractivity contribution in [3.05, 3.63) is 65.0 Å². The number of Topliss-reactive ketones (excluding diaryl/α,β-unsaturated/α-hetero) is 1. The maximum atomic E-state index is 12.3. The van der Waals surface area contributed by atoms with Crippen LogP contribution in [0.15, 0.2) is 53.8 Å². The minimum Gasteiger partial charge on any atom is -0.504 e. The maximum absolute atomic E-state index is 12.3. The van der Waals surface area contributed by atoms with Crippen LogP contribution < -0.4 is 0 Å². The summed E-state index contributed by atoms with van der Waals surface area (Å²) >= 11 is 0. The highest BCUT2D eigenvalue weighted by Crippen LogP contribution is 2.38. The molecule has 0 aliphatic heterocycles. The number of allylic oxidation sites excluding steroid dienone is 5. The summed E-state index contributed by atoms with van der Waals surface area (Å²) in [6.45, 7) is 0. The van der Waals surface area contributed by atoms with Gasteiger partial charge in [-0.05, 0) is 17.7 Å². The lowest BCUT2D eigenvalue weighted by atomic mass is 9.99. The fourth-order valence-corrected chi connectivity index (χ4v) is 2.08. The van der Waals surface area contributed by atoms with Gasteiger partial charge in [-0.1, -0.05) is 24.3 Å². The molecule has 0 unspecified atom stereocenters. The summed E-state index contributed by atoms with van der Waals surface area (Å²) in [6.07, 6.45) is 4.53. The highest BCUT2D eigenvalue weighted by atomic mass is 16.5. The van der Waals surface area contributed by atoms with E-state index in [2.05, 4.69) is 0 Å². The Morgan fingerprint density at radius 1 is 1.20 bits per heavy atom. The SMILES string of the molecule is CO/C=C/C=C1\C(=O)c2ccccc2C1=C(C#N)C#N. The second-order valence-corrected chi connectivity index (χ2v) is 3.99. The van der Waals surface area contributed by atoms with E-state index in [0.717, 1.165) is 0 Å². The van der Waals surface area contributed by atoms with Gasteiger partial charge in [0.25, 0.3) is 0 Å². The van der Waals surface area contributed by atoms with Crippen molar-refractivity contribution in [2.75, 3.05) is 7.11 Å². The minimum atomic E-state index is -0.195. The molecule has 0 N–H and O–H groups in total. The van der Waals surface area contributed by atoms with Crippen molar-refractivity contribution in [1.82, 2.24) is 0 Å². The Morgan fingerprint density at radius 2 is 1.85 bits per heavy atom. The smallest absolute Gasteiger partial charge is 0.194 e. The molecule has 0 saturated carbocycles. The Labute approximate surface area is 116 Å². The van der Waals surface area contributed by atoms with Crippen molar-refractivity contribution >= 4 is 11.4 Å². The molecule has 1 aromatic carbocycles. The Kier molecular flexibility index (Phi) is 3.79. The molecule has 0 aromatic heterocycles. The quantitative estimate of drug-likeness (QED) is 0.466. The Bertz CT molecular complexity index is 724. The summed E-state index contributed by atoms with van der Waals surface area (Å²) in [7, 11) is 1.49. The molecule has 96 valence electrons. The molecule has 1 aromatic rings. The lowest BCUT2D eigenvalue weighted by Crippen LogP contribution is -1.95. The summed E-state index contributed by atoms with van der Waals surface area (Å²) in [4.78, 5) is 12.3. The van der Waals surface area contributed by atoms with E-state index >= 15 is 0 Å². The predicted molar refractivity (Wildman–Crippen MR) is 73.2 cm³/mol. The van der Waals surface area contributed by atoms with Crippen LogP contribution in [0.5, 0.6) is 0 Å². The van der Waals surface area contributed by atoms with E-state index < -0.39 is 0 Å². The van der Waals surface area contributed by atoms with Gasteiger partial charge in [-0.25, -0.2) is 0 Å². The number of fused-ring (bicyclic) bond motifs is 1. The second-order valence-electron chi connectivity index (χ2n) is 3.99. The molecule has 1 aliphatic rings. The first kappa shape index (κ1) is 13.3.